The average molecular weight is 240 g/mol. The fourth-order valence-corrected chi connectivity index (χ4v) is 2.20. The van der Waals surface area contributed by atoms with Gasteiger partial charge in [0.05, 0.1) is 0 Å². The van der Waals surface area contributed by atoms with E-state index in [1.807, 2.05) is 25.7 Å². The van der Waals surface area contributed by atoms with Crippen molar-refractivity contribution in [3.05, 3.63) is 0 Å². The van der Waals surface area contributed by atoms with Gasteiger partial charge < -0.3 is 15.0 Å². The number of rotatable bonds is 3. The second-order valence-corrected chi connectivity index (χ2v) is 6.15. The number of nitrogens with zero attached hydrogens (tertiary/aromatic N) is 1. The molecule has 1 amide bonds. The summed E-state index contributed by atoms with van der Waals surface area (Å²) in [5.41, 5.74) is -0.395. The van der Waals surface area contributed by atoms with E-state index in [9.17, 15) is 4.79 Å². The van der Waals surface area contributed by atoms with Crippen molar-refractivity contribution in [1.82, 2.24) is 10.2 Å². The Kier molecular flexibility index (Phi) is 3.61. The van der Waals surface area contributed by atoms with Crippen LogP contribution in [0.5, 0.6) is 0 Å². The van der Waals surface area contributed by atoms with Crippen molar-refractivity contribution in [2.45, 2.75) is 64.1 Å². The van der Waals surface area contributed by atoms with Gasteiger partial charge in [0.2, 0.25) is 0 Å². The van der Waals surface area contributed by atoms with Crippen LogP contribution in [0.1, 0.15) is 46.5 Å². The molecule has 0 aromatic heterocycles. The van der Waals surface area contributed by atoms with E-state index < -0.39 is 5.60 Å². The first-order valence-corrected chi connectivity index (χ1v) is 6.69. The SMILES string of the molecule is CC(C)(C)OC(=O)N1CCCC1CNC1CC1. The van der Waals surface area contributed by atoms with Gasteiger partial charge in [0, 0.05) is 25.2 Å². The highest BCUT2D eigenvalue weighted by atomic mass is 16.6. The molecule has 17 heavy (non-hydrogen) atoms. The lowest BCUT2D eigenvalue weighted by molar-refractivity contribution is 0.0226. The summed E-state index contributed by atoms with van der Waals surface area (Å²) in [6.07, 6.45) is 4.62. The van der Waals surface area contributed by atoms with E-state index >= 15 is 0 Å². The van der Waals surface area contributed by atoms with Gasteiger partial charge in [0.1, 0.15) is 5.60 Å². The molecule has 1 aliphatic heterocycles. The Bertz CT molecular complexity index is 282. The largest absolute Gasteiger partial charge is 0.444 e. The van der Waals surface area contributed by atoms with Crippen molar-refractivity contribution < 1.29 is 9.53 Å². The molecular formula is C13H24N2O2. The number of hydrogen-bond donors (Lipinski definition) is 1. The highest BCUT2D eigenvalue weighted by Gasteiger charge is 2.33. The van der Waals surface area contributed by atoms with E-state index in [2.05, 4.69) is 5.32 Å². The van der Waals surface area contributed by atoms with Crippen LogP contribution in [0.4, 0.5) is 4.79 Å². The Labute approximate surface area is 104 Å². The first-order chi connectivity index (χ1) is 7.96. The lowest BCUT2D eigenvalue weighted by Gasteiger charge is -2.28. The molecule has 2 rings (SSSR count). The van der Waals surface area contributed by atoms with E-state index in [0.29, 0.717) is 12.1 Å². The van der Waals surface area contributed by atoms with Gasteiger partial charge in [-0.05, 0) is 46.5 Å². The molecule has 1 heterocycles. The van der Waals surface area contributed by atoms with Gasteiger partial charge in [-0.15, -0.1) is 0 Å². The summed E-state index contributed by atoms with van der Waals surface area (Å²) < 4.78 is 5.43. The predicted molar refractivity (Wildman–Crippen MR) is 67.0 cm³/mol. The Morgan fingerprint density at radius 1 is 1.35 bits per heavy atom. The Morgan fingerprint density at radius 3 is 2.65 bits per heavy atom. The third-order valence-corrected chi connectivity index (χ3v) is 3.22. The Morgan fingerprint density at radius 2 is 2.06 bits per heavy atom. The van der Waals surface area contributed by atoms with Gasteiger partial charge in [-0.1, -0.05) is 0 Å². The van der Waals surface area contributed by atoms with Crippen molar-refractivity contribution in [3.63, 3.8) is 0 Å². The van der Waals surface area contributed by atoms with E-state index in [4.69, 9.17) is 4.74 Å². The number of carbonyl (C=O) groups excluding carboxylic acids is 1. The third-order valence-electron chi connectivity index (χ3n) is 3.22. The van der Waals surface area contributed by atoms with Crippen molar-refractivity contribution in [2.24, 2.45) is 0 Å². The zero-order chi connectivity index (χ0) is 12.5. The summed E-state index contributed by atoms with van der Waals surface area (Å²) in [4.78, 5) is 13.9. The van der Waals surface area contributed by atoms with Crippen LogP contribution in [0.3, 0.4) is 0 Å². The summed E-state index contributed by atoms with van der Waals surface area (Å²) in [7, 11) is 0. The number of ether oxygens (including phenoxy) is 1. The molecule has 0 aromatic rings. The molecule has 4 nitrogen and oxygen atoms in total. The van der Waals surface area contributed by atoms with Crippen molar-refractivity contribution >= 4 is 6.09 Å². The summed E-state index contributed by atoms with van der Waals surface area (Å²) >= 11 is 0. The van der Waals surface area contributed by atoms with Gasteiger partial charge in [-0.25, -0.2) is 4.79 Å². The van der Waals surface area contributed by atoms with Gasteiger partial charge in [0.15, 0.2) is 0 Å². The fraction of sp³-hybridized carbons (Fsp3) is 0.923. The maximum absolute atomic E-state index is 12.0. The summed E-state index contributed by atoms with van der Waals surface area (Å²) in [6, 6.07) is 1.03. The molecule has 1 aliphatic carbocycles. The van der Waals surface area contributed by atoms with E-state index in [1.165, 1.54) is 12.8 Å². The molecule has 0 radical (unpaired) electrons. The lowest BCUT2D eigenvalue weighted by Crippen LogP contribution is -2.44. The quantitative estimate of drug-likeness (QED) is 0.821. The second kappa shape index (κ2) is 4.84. The molecule has 0 aromatic carbocycles. The molecule has 1 atom stereocenters. The molecule has 1 unspecified atom stereocenters. The number of carbonyl (C=O) groups is 1. The number of amides is 1. The second-order valence-electron chi connectivity index (χ2n) is 6.15. The van der Waals surface area contributed by atoms with Crippen LogP contribution in [-0.2, 0) is 4.74 Å². The maximum atomic E-state index is 12.0. The van der Waals surface area contributed by atoms with Crippen LogP contribution in [0, 0.1) is 0 Å². The molecule has 2 aliphatic rings. The molecule has 4 heteroatoms. The minimum Gasteiger partial charge on any atom is -0.444 e. The molecule has 1 N–H and O–H groups in total. The van der Waals surface area contributed by atoms with Gasteiger partial charge in [-0.2, -0.15) is 0 Å². The minimum absolute atomic E-state index is 0.155. The molecule has 1 saturated carbocycles. The fourth-order valence-electron chi connectivity index (χ4n) is 2.20. The number of hydrogen-bond acceptors (Lipinski definition) is 3. The van der Waals surface area contributed by atoms with Crippen LogP contribution in [0.15, 0.2) is 0 Å². The molecule has 0 spiro atoms. The van der Waals surface area contributed by atoms with Crippen LogP contribution in [-0.4, -0.2) is 41.8 Å². The monoisotopic (exact) mass is 240 g/mol. The van der Waals surface area contributed by atoms with Gasteiger partial charge >= 0.3 is 6.09 Å². The van der Waals surface area contributed by atoms with Crippen molar-refractivity contribution in [3.8, 4) is 0 Å². The van der Waals surface area contributed by atoms with Gasteiger partial charge in [-0.3, -0.25) is 0 Å². The van der Waals surface area contributed by atoms with Gasteiger partial charge in [0.25, 0.3) is 0 Å². The van der Waals surface area contributed by atoms with Crippen LogP contribution in [0.2, 0.25) is 0 Å². The molecule has 98 valence electrons. The van der Waals surface area contributed by atoms with Crippen molar-refractivity contribution in [2.75, 3.05) is 13.1 Å². The number of likely N-dealkylation sites (tertiary alicyclic amines) is 1. The third kappa shape index (κ3) is 3.87. The maximum Gasteiger partial charge on any atom is 0.410 e. The number of nitrogens with one attached hydrogen (secondary N) is 1. The van der Waals surface area contributed by atoms with Crippen LogP contribution in [0.25, 0.3) is 0 Å². The normalized spacial score (nSPS) is 25.1. The highest BCUT2D eigenvalue weighted by molar-refractivity contribution is 5.69. The molecule has 0 bridgehead atoms. The average Bonchev–Trinajstić information content (AvgIpc) is 2.90. The highest BCUT2D eigenvalue weighted by Crippen LogP contribution is 2.23. The first kappa shape index (κ1) is 12.7. The Hall–Kier alpha value is -0.770. The summed E-state index contributed by atoms with van der Waals surface area (Å²) in [5, 5.41) is 3.50. The topological polar surface area (TPSA) is 41.6 Å². The smallest absolute Gasteiger partial charge is 0.410 e. The molecule has 1 saturated heterocycles. The minimum atomic E-state index is -0.395. The Balaban J connectivity index is 1.82. The molecular weight excluding hydrogens is 216 g/mol. The summed E-state index contributed by atoms with van der Waals surface area (Å²) in [6.45, 7) is 7.51. The summed E-state index contributed by atoms with van der Waals surface area (Å²) in [5.74, 6) is 0. The molecule has 2 fully saturated rings. The zero-order valence-electron chi connectivity index (χ0n) is 11.2. The standard InChI is InChI=1S/C13H24N2O2/c1-13(2,3)17-12(16)15-8-4-5-11(15)9-14-10-6-7-10/h10-11,14H,4-9H2,1-3H3. The van der Waals surface area contributed by atoms with E-state index in [0.717, 1.165) is 25.9 Å². The first-order valence-electron chi connectivity index (χ1n) is 6.69. The zero-order valence-corrected chi connectivity index (χ0v) is 11.2. The van der Waals surface area contributed by atoms with Crippen molar-refractivity contribution in [1.29, 1.82) is 0 Å². The van der Waals surface area contributed by atoms with E-state index in [1.54, 1.807) is 0 Å². The van der Waals surface area contributed by atoms with E-state index in [-0.39, 0.29) is 6.09 Å². The van der Waals surface area contributed by atoms with Crippen LogP contribution < -0.4 is 5.32 Å². The van der Waals surface area contributed by atoms with Crippen LogP contribution >= 0.6 is 0 Å². The predicted octanol–water partition coefficient (Wildman–Crippen LogP) is 2.14. The lowest BCUT2D eigenvalue weighted by atomic mass is 10.2.